The fourth-order valence-electron chi connectivity index (χ4n) is 1.79. The molecule has 0 bridgehead atoms. The molecule has 2 heterocycles. The minimum atomic E-state index is -0.891. The molecule has 2 aromatic heterocycles. The lowest BCUT2D eigenvalue weighted by Gasteiger charge is -1.93. The third-order valence-corrected chi connectivity index (χ3v) is 4.86. The topological polar surface area (TPSA) is 63.3 Å². The average Bonchev–Trinajstić information content (AvgIpc) is 3.15. The van der Waals surface area contributed by atoms with Gasteiger partial charge >= 0.3 is 5.97 Å². The number of hydrogen-bond donors (Lipinski definition) is 1. The van der Waals surface area contributed by atoms with E-state index in [1.165, 1.54) is 23.1 Å². The molecular weight excluding hydrogens is 306 g/mol. The summed E-state index contributed by atoms with van der Waals surface area (Å²) in [4.78, 5) is 12.1. The molecule has 0 amide bonds. The van der Waals surface area contributed by atoms with Gasteiger partial charge in [-0.1, -0.05) is 35.5 Å². The first kappa shape index (κ1) is 13.9. The van der Waals surface area contributed by atoms with Gasteiger partial charge in [0, 0.05) is 21.9 Å². The fraction of sp³-hybridized carbons (Fsp3) is 0.0667. The molecule has 0 atom stereocenters. The van der Waals surface area contributed by atoms with E-state index in [-0.39, 0.29) is 0 Å². The van der Waals surface area contributed by atoms with E-state index in [1.807, 2.05) is 41.8 Å². The maximum atomic E-state index is 10.8. The normalized spacial score (nSPS) is 10.7. The summed E-state index contributed by atoms with van der Waals surface area (Å²) in [5.74, 6) is 0.495. The van der Waals surface area contributed by atoms with Crippen molar-refractivity contribution in [3.05, 3.63) is 58.5 Å². The SMILES string of the molecule is O=C(O)c1cc(SCc2cc(-c3ccccc3)no2)cs1. The van der Waals surface area contributed by atoms with E-state index < -0.39 is 5.97 Å². The predicted octanol–water partition coefficient (Wildman–Crippen LogP) is 4.39. The summed E-state index contributed by atoms with van der Waals surface area (Å²) < 4.78 is 5.31. The number of nitrogens with zero attached hydrogens (tertiary/aromatic N) is 1. The van der Waals surface area contributed by atoms with Crippen molar-refractivity contribution >= 4 is 29.1 Å². The molecule has 0 saturated heterocycles. The zero-order chi connectivity index (χ0) is 14.7. The van der Waals surface area contributed by atoms with E-state index >= 15 is 0 Å². The van der Waals surface area contributed by atoms with Crippen LogP contribution in [0.2, 0.25) is 0 Å². The first-order valence-corrected chi connectivity index (χ1v) is 8.04. The molecule has 3 rings (SSSR count). The number of rotatable bonds is 5. The number of hydrogen-bond acceptors (Lipinski definition) is 5. The zero-order valence-electron chi connectivity index (χ0n) is 10.9. The van der Waals surface area contributed by atoms with Crippen LogP contribution in [0, 0.1) is 0 Å². The Hall–Kier alpha value is -2.05. The Labute approximate surface area is 129 Å². The molecule has 1 N–H and O–H groups in total. The molecule has 6 heteroatoms. The molecule has 0 fully saturated rings. The van der Waals surface area contributed by atoms with Crippen LogP contribution < -0.4 is 0 Å². The van der Waals surface area contributed by atoms with Gasteiger partial charge in [-0.15, -0.1) is 23.1 Å². The minimum absolute atomic E-state index is 0.347. The van der Waals surface area contributed by atoms with Crippen LogP contribution in [-0.4, -0.2) is 16.2 Å². The summed E-state index contributed by atoms with van der Waals surface area (Å²) >= 11 is 2.76. The third-order valence-electron chi connectivity index (χ3n) is 2.80. The van der Waals surface area contributed by atoms with Crippen molar-refractivity contribution in [3.63, 3.8) is 0 Å². The molecule has 3 aromatic rings. The monoisotopic (exact) mass is 317 g/mol. The van der Waals surface area contributed by atoms with Crippen LogP contribution in [0.5, 0.6) is 0 Å². The summed E-state index contributed by atoms with van der Waals surface area (Å²) in [5, 5.41) is 14.8. The molecule has 21 heavy (non-hydrogen) atoms. The molecule has 0 aliphatic carbocycles. The lowest BCUT2D eigenvalue weighted by Crippen LogP contribution is -1.89. The summed E-state index contributed by atoms with van der Waals surface area (Å²) in [5.41, 5.74) is 1.82. The van der Waals surface area contributed by atoms with E-state index in [9.17, 15) is 4.79 Å². The number of aromatic carboxylic acids is 1. The smallest absolute Gasteiger partial charge is 0.345 e. The maximum Gasteiger partial charge on any atom is 0.345 e. The Balaban J connectivity index is 1.66. The van der Waals surface area contributed by atoms with Crippen LogP contribution in [0.25, 0.3) is 11.3 Å². The molecule has 106 valence electrons. The number of carboxylic acid groups (broad SMARTS) is 1. The summed E-state index contributed by atoms with van der Waals surface area (Å²) in [7, 11) is 0. The van der Waals surface area contributed by atoms with Crippen molar-refractivity contribution in [3.8, 4) is 11.3 Å². The molecule has 0 aliphatic heterocycles. The van der Waals surface area contributed by atoms with Crippen molar-refractivity contribution < 1.29 is 14.4 Å². The first-order chi connectivity index (χ1) is 10.2. The van der Waals surface area contributed by atoms with Gasteiger partial charge in [0.2, 0.25) is 0 Å². The van der Waals surface area contributed by atoms with Gasteiger partial charge in [0.25, 0.3) is 0 Å². The number of aromatic nitrogens is 1. The minimum Gasteiger partial charge on any atom is -0.477 e. The highest BCUT2D eigenvalue weighted by Gasteiger charge is 2.10. The Morgan fingerprint density at radius 3 is 2.81 bits per heavy atom. The standard InChI is InChI=1S/C15H11NO3S2/c17-15(18)14-7-12(9-21-14)20-8-11-6-13(16-19-11)10-4-2-1-3-5-10/h1-7,9H,8H2,(H,17,18). The number of thioether (sulfide) groups is 1. The third kappa shape index (κ3) is 3.34. The van der Waals surface area contributed by atoms with Crippen molar-refractivity contribution in [1.29, 1.82) is 0 Å². The second-order valence-electron chi connectivity index (χ2n) is 4.28. The van der Waals surface area contributed by atoms with Crippen molar-refractivity contribution in [2.24, 2.45) is 0 Å². The average molecular weight is 317 g/mol. The quantitative estimate of drug-likeness (QED) is 0.707. The lowest BCUT2D eigenvalue weighted by atomic mass is 10.1. The molecular formula is C15H11NO3S2. The molecule has 0 unspecified atom stereocenters. The van der Waals surface area contributed by atoms with Gasteiger partial charge in [-0.05, 0) is 6.07 Å². The summed E-state index contributed by atoms with van der Waals surface area (Å²) in [6, 6.07) is 13.4. The Morgan fingerprint density at radius 1 is 1.29 bits per heavy atom. The highest BCUT2D eigenvalue weighted by molar-refractivity contribution is 7.98. The largest absolute Gasteiger partial charge is 0.477 e. The van der Waals surface area contributed by atoms with E-state index in [0.29, 0.717) is 10.6 Å². The van der Waals surface area contributed by atoms with E-state index in [2.05, 4.69) is 5.16 Å². The molecule has 4 nitrogen and oxygen atoms in total. The van der Waals surface area contributed by atoms with Gasteiger partial charge in [0.05, 0.1) is 5.75 Å². The van der Waals surface area contributed by atoms with Gasteiger partial charge in [-0.2, -0.15) is 0 Å². The van der Waals surface area contributed by atoms with Crippen LogP contribution >= 0.6 is 23.1 Å². The van der Waals surface area contributed by atoms with Crippen LogP contribution in [0.15, 0.2) is 57.3 Å². The van der Waals surface area contributed by atoms with Crippen LogP contribution in [0.3, 0.4) is 0 Å². The van der Waals surface area contributed by atoms with E-state index in [0.717, 1.165) is 21.9 Å². The van der Waals surface area contributed by atoms with Gasteiger partial charge < -0.3 is 9.63 Å². The van der Waals surface area contributed by atoms with Crippen molar-refractivity contribution in [2.45, 2.75) is 10.6 Å². The number of carbonyl (C=O) groups is 1. The highest BCUT2D eigenvalue weighted by atomic mass is 32.2. The molecule has 0 saturated carbocycles. The number of benzene rings is 1. The fourth-order valence-corrected chi connectivity index (χ4v) is 3.53. The van der Waals surface area contributed by atoms with Gasteiger partial charge in [0.1, 0.15) is 16.3 Å². The Kier molecular flexibility index (Phi) is 4.08. The van der Waals surface area contributed by atoms with Gasteiger partial charge in [-0.3, -0.25) is 0 Å². The van der Waals surface area contributed by atoms with Crippen LogP contribution in [0.1, 0.15) is 15.4 Å². The Bertz CT molecular complexity index is 749. The van der Waals surface area contributed by atoms with E-state index in [1.54, 1.807) is 6.07 Å². The van der Waals surface area contributed by atoms with Crippen molar-refractivity contribution in [1.82, 2.24) is 5.16 Å². The second kappa shape index (κ2) is 6.15. The number of thiophene rings is 1. The molecule has 0 aliphatic rings. The summed E-state index contributed by atoms with van der Waals surface area (Å²) in [6.07, 6.45) is 0. The van der Waals surface area contributed by atoms with E-state index in [4.69, 9.17) is 9.63 Å². The zero-order valence-corrected chi connectivity index (χ0v) is 12.5. The maximum absolute atomic E-state index is 10.8. The number of carboxylic acids is 1. The van der Waals surface area contributed by atoms with Crippen LogP contribution in [-0.2, 0) is 5.75 Å². The van der Waals surface area contributed by atoms with Crippen molar-refractivity contribution in [2.75, 3.05) is 0 Å². The Morgan fingerprint density at radius 2 is 2.10 bits per heavy atom. The highest BCUT2D eigenvalue weighted by Crippen LogP contribution is 2.29. The van der Waals surface area contributed by atoms with Gasteiger partial charge in [-0.25, -0.2) is 4.79 Å². The molecule has 0 radical (unpaired) electrons. The van der Waals surface area contributed by atoms with Crippen LogP contribution in [0.4, 0.5) is 0 Å². The second-order valence-corrected chi connectivity index (χ2v) is 6.24. The predicted molar refractivity (Wildman–Crippen MR) is 82.8 cm³/mol. The lowest BCUT2D eigenvalue weighted by molar-refractivity contribution is 0.0702. The molecule has 0 spiro atoms. The van der Waals surface area contributed by atoms with Gasteiger partial charge in [0.15, 0.2) is 0 Å². The first-order valence-electron chi connectivity index (χ1n) is 6.18. The summed E-state index contributed by atoms with van der Waals surface area (Å²) in [6.45, 7) is 0. The molecule has 1 aromatic carbocycles.